The first kappa shape index (κ1) is 18.7. The zero-order chi connectivity index (χ0) is 18.6. The molecule has 3 aromatic rings. The molecule has 1 aromatic heterocycles. The van der Waals surface area contributed by atoms with Crippen LogP contribution in [0.2, 0.25) is 0 Å². The van der Waals surface area contributed by atoms with Crippen LogP contribution in [0.25, 0.3) is 11.3 Å². The minimum atomic E-state index is -3.62. The molecule has 0 fully saturated rings. The molecule has 8 heteroatoms. The van der Waals surface area contributed by atoms with Gasteiger partial charge in [0.15, 0.2) is 0 Å². The number of sulfonamides is 1. The second-order valence-corrected chi connectivity index (χ2v) is 8.51. The van der Waals surface area contributed by atoms with Crippen LogP contribution >= 0.6 is 22.6 Å². The van der Waals surface area contributed by atoms with Gasteiger partial charge in [-0.25, -0.2) is 17.8 Å². The maximum Gasteiger partial charge on any atom is 0.266 e. The lowest BCUT2D eigenvalue weighted by molar-refractivity contribution is 0.548. The molecule has 0 spiro atoms. The van der Waals surface area contributed by atoms with Crippen LogP contribution in [0, 0.1) is 3.57 Å². The molecule has 0 aliphatic heterocycles. The van der Waals surface area contributed by atoms with Crippen LogP contribution < -0.4 is 10.3 Å². The van der Waals surface area contributed by atoms with E-state index < -0.39 is 10.0 Å². The SMILES string of the molecule is O=c1ccc(-c2ccccc2)nn1CCNS(=O)(=O)c1ccc(I)cc1. The Labute approximate surface area is 165 Å². The number of aromatic nitrogens is 2. The molecule has 0 aliphatic carbocycles. The normalized spacial score (nSPS) is 11.4. The van der Waals surface area contributed by atoms with Crippen molar-refractivity contribution in [1.82, 2.24) is 14.5 Å². The molecule has 6 nitrogen and oxygen atoms in total. The fraction of sp³-hybridized carbons (Fsp3) is 0.111. The lowest BCUT2D eigenvalue weighted by atomic mass is 10.1. The zero-order valence-electron chi connectivity index (χ0n) is 13.7. The number of nitrogens with one attached hydrogen (secondary N) is 1. The molecule has 0 amide bonds. The van der Waals surface area contributed by atoms with Crippen LogP contribution in [0.15, 0.2) is 76.4 Å². The maximum absolute atomic E-state index is 12.3. The molecular formula is C18H16IN3O3S. The Morgan fingerprint density at radius 3 is 2.35 bits per heavy atom. The first-order chi connectivity index (χ1) is 12.5. The second kappa shape index (κ2) is 8.11. The topological polar surface area (TPSA) is 81.1 Å². The summed E-state index contributed by atoms with van der Waals surface area (Å²) in [5.74, 6) is 0. The van der Waals surface area contributed by atoms with Crippen molar-refractivity contribution in [2.45, 2.75) is 11.4 Å². The van der Waals surface area contributed by atoms with Gasteiger partial charge in [-0.1, -0.05) is 30.3 Å². The van der Waals surface area contributed by atoms with Gasteiger partial charge in [0.1, 0.15) is 0 Å². The molecule has 26 heavy (non-hydrogen) atoms. The van der Waals surface area contributed by atoms with Gasteiger partial charge in [-0.2, -0.15) is 5.10 Å². The van der Waals surface area contributed by atoms with Crippen molar-refractivity contribution in [3.8, 4) is 11.3 Å². The molecule has 0 bridgehead atoms. The van der Waals surface area contributed by atoms with Crippen LogP contribution in [-0.2, 0) is 16.6 Å². The van der Waals surface area contributed by atoms with Crippen LogP contribution in [0.5, 0.6) is 0 Å². The van der Waals surface area contributed by atoms with Crippen molar-refractivity contribution in [2.24, 2.45) is 0 Å². The number of halogens is 1. The van der Waals surface area contributed by atoms with Crippen molar-refractivity contribution >= 4 is 32.6 Å². The number of hydrogen-bond acceptors (Lipinski definition) is 4. The minimum Gasteiger partial charge on any atom is -0.268 e. The van der Waals surface area contributed by atoms with Gasteiger partial charge in [-0.15, -0.1) is 0 Å². The van der Waals surface area contributed by atoms with E-state index >= 15 is 0 Å². The fourth-order valence-electron chi connectivity index (χ4n) is 2.35. The molecule has 0 unspecified atom stereocenters. The Balaban J connectivity index is 1.72. The van der Waals surface area contributed by atoms with E-state index in [4.69, 9.17) is 0 Å². The second-order valence-electron chi connectivity index (χ2n) is 5.50. The molecular weight excluding hydrogens is 465 g/mol. The first-order valence-corrected chi connectivity index (χ1v) is 10.4. The summed E-state index contributed by atoms with van der Waals surface area (Å²) < 4.78 is 29.3. The lowest BCUT2D eigenvalue weighted by Crippen LogP contribution is -2.32. The highest BCUT2D eigenvalue weighted by atomic mass is 127. The van der Waals surface area contributed by atoms with Gasteiger partial charge in [-0.05, 0) is 52.9 Å². The highest BCUT2D eigenvalue weighted by Crippen LogP contribution is 2.14. The van der Waals surface area contributed by atoms with Crippen LogP contribution in [0.1, 0.15) is 0 Å². The summed E-state index contributed by atoms with van der Waals surface area (Å²) in [6.07, 6.45) is 0. The lowest BCUT2D eigenvalue weighted by Gasteiger charge is -2.09. The van der Waals surface area contributed by atoms with Crippen molar-refractivity contribution in [3.05, 3.63) is 80.7 Å². The number of hydrogen-bond donors (Lipinski definition) is 1. The highest BCUT2D eigenvalue weighted by molar-refractivity contribution is 14.1. The summed E-state index contributed by atoms with van der Waals surface area (Å²) in [4.78, 5) is 12.2. The first-order valence-electron chi connectivity index (χ1n) is 7.84. The molecule has 2 aromatic carbocycles. The third kappa shape index (κ3) is 4.57. The van der Waals surface area contributed by atoms with Gasteiger partial charge in [0.2, 0.25) is 10.0 Å². The van der Waals surface area contributed by atoms with E-state index in [9.17, 15) is 13.2 Å². The summed E-state index contributed by atoms with van der Waals surface area (Å²) in [7, 11) is -3.62. The number of benzene rings is 2. The highest BCUT2D eigenvalue weighted by Gasteiger charge is 2.13. The number of nitrogens with zero attached hydrogens (tertiary/aromatic N) is 2. The quantitative estimate of drug-likeness (QED) is 0.549. The molecule has 0 radical (unpaired) electrons. The molecule has 3 rings (SSSR count). The summed E-state index contributed by atoms with van der Waals surface area (Å²) in [5.41, 5.74) is 1.27. The van der Waals surface area contributed by atoms with E-state index in [2.05, 4.69) is 32.4 Å². The van der Waals surface area contributed by atoms with Gasteiger partial charge in [0, 0.05) is 21.7 Å². The molecule has 134 valence electrons. The van der Waals surface area contributed by atoms with E-state index in [1.807, 2.05) is 30.3 Å². The van der Waals surface area contributed by atoms with Crippen molar-refractivity contribution < 1.29 is 8.42 Å². The Morgan fingerprint density at radius 1 is 0.962 bits per heavy atom. The van der Waals surface area contributed by atoms with E-state index in [-0.39, 0.29) is 23.5 Å². The van der Waals surface area contributed by atoms with Crippen LogP contribution in [-0.4, -0.2) is 24.7 Å². The summed E-state index contributed by atoms with van der Waals surface area (Å²) in [6, 6.07) is 19.1. The fourth-order valence-corrected chi connectivity index (χ4v) is 3.74. The standard InChI is InChI=1S/C18H16IN3O3S/c19-15-6-8-16(9-7-15)26(24,25)20-12-13-22-18(23)11-10-17(21-22)14-4-2-1-3-5-14/h1-11,20H,12-13H2. The molecule has 1 N–H and O–H groups in total. The molecule has 0 saturated carbocycles. The van der Waals surface area contributed by atoms with Crippen LogP contribution in [0.3, 0.4) is 0 Å². The van der Waals surface area contributed by atoms with Crippen LogP contribution in [0.4, 0.5) is 0 Å². The average molecular weight is 481 g/mol. The van der Waals surface area contributed by atoms with Crippen molar-refractivity contribution in [2.75, 3.05) is 6.54 Å². The smallest absolute Gasteiger partial charge is 0.266 e. The molecule has 0 saturated heterocycles. The van der Waals surface area contributed by atoms with Gasteiger partial charge >= 0.3 is 0 Å². The Hall–Kier alpha value is -2.04. The predicted octanol–water partition coefficient (Wildman–Crippen LogP) is 2.49. The maximum atomic E-state index is 12.3. The molecule has 1 heterocycles. The Morgan fingerprint density at radius 2 is 1.65 bits per heavy atom. The summed E-state index contributed by atoms with van der Waals surface area (Å²) >= 11 is 2.11. The van der Waals surface area contributed by atoms with Crippen molar-refractivity contribution in [3.63, 3.8) is 0 Å². The van der Waals surface area contributed by atoms with Gasteiger partial charge in [0.05, 0.1) is 17.1 Å². The third-order valence-electron chi connectivity index (χ3n) is 3.68. The van der Waals surface area contributed by atoms with Crippen molar-refractivity contribution in [1.29, 1.82) is 0 Å². The molecule has 0 aliphatic rings. The van der Waals surface area contributed by atoms with Gasteiger partial charge in [0.25, 0.3) is 5.56 Å². The Bertz CT molecular complexity index is 1050. The monoisotopic (exact) mass is 481 g/mol. The van der Waals surface area contributed by atoms with E-state index in [0.29, 0.717) is 5.69 Å². The zero-order valence-corrected chi connectivity index (χ0v) is 16.6. The van der Waals surface area contributed by atoms with Gasteiger partial charge in [-0.3, -0.25) is 4.79 Å². The minimum absolute atomic E-state index is 0.0689. The largest absolute Gasteiger partial charge is 0.268 e. The predicted molar refractivity (Wildman–Crippen MR) is 108 cm³/mol. The third-order valence-corrected chi connectivity index (χ3v) is 5.87. The van der Waals surface area contributed by atoms with E-state index in [0.717, 1.165) is 9.13 Å². The summed E-state index contributed by atoms with van der Waals surface area (Å²) in [5, 5.41) is 4.31. The summed E-state index contributed by atoms with van der Waals surface area (Å²) in [6.45, 7) is 0.211. The molecule has 0 atom stereocenters. The number of rotatable bonds is 6. The van der Waals surface area contributed by atoms with E-state index in [1.54, 1.807) is 30.3 Å². The average Bonchev–Trinajstić information content (AvgIpc) is 2.64. The Kier molecular flexibility index (Phi) is 5.84. The van der Waals surface area contributed by atoms with E-state index in [1.165, 1.54) is 10.7 Å². The van der Waals surface area contributed by atoms with Gasteiger partial charge < -0.3 is 0 Å².